The summed E-state index contributed by atoms with van der Waals surface area (Å²) in [7, 11) is 0. The van der Waals surface area contributed by atoms with Crippen molar-refractivity contribution in [2.45, 2.75) is 83.3 Å². The molecule has 0 aromatic rings. The summed E-state index contributed by atoms with van der Waals surface area (Å²) in [5, 5.41) is 8.94. The lowest BCUT2D eigenvalue weighted by Crippen LogP contribution is -2.65. The Bertz CT molecular complexity index is 733. The van der Waals surface area contributed by atoms with Gasteiger partial charge in [0, 0.05) is 25.0 Å². The molecule has 0 bridgehead atoms. The third-order valence-electron chi connectivity index (χ3n) is 7.31. The molecule has 0 aromatic carbocycles. The van der Waals surface area contributed by atoms with E-state index in [1.54, 1.807) is 4.90 Å². The maximum atomic E-state index is 13.4. The normalized spacial score (nSPS) is 23.4. The molecular weight excluding hydrogens is 436 g/mol. The molecule has 0 spiro atoms. The number of amides is 5. The number of carbonyl (C=O) groups excluding carboxylic acids is 4. The lowest BCUT2D eigenvalue weighted by Gasteiger charge is -2.42. The Balaban J connectivity index is 1.71. The quantitative estimate of drug-likeness (QED) is 0.424. The van der Waals surface area contributed by atoms with Gasteiger partial charge in [0.2, 0.25) is 17.7 Å². The van der Waals surface area contributed by atoms with Crippen molar-refractivity contribution < 1.29 is 19.2 Å². The molecule has 34 heavy (non-hydrogen) atoms. The van der Waals surface area contributed by atoms with Crippen molar-refractivity contribution in [1.29, 1.82) is 0 Å². The topological polar surface area (TPSA) is 137 Å². The van der Waals surface area contributed by atoms with Gasteiger partial charge in [0.05, 0.1) is 6.54 Å². The largest absolute Gasteiger partial charge is 0.368 e. The SMILES string of the molecule is CC(C)NC(=O)N1CCN(C(=O)C2CCNCC2)CC1C(=O)NC(CC1CCCCC1)C(N)=O. The number of urea groups is 1. The van der Waals surface area contributed by atoms with E-state index in [0.29, 0.717) is 18.9 Å². The predicted molar refractivity (Wildman–Crippen MR) is 129 cm³/mol. The fraction of sp³-hybridized carbons (Fsp3) is 0.833. The second kappa shape index (κ2) is 12.4. The Kier molecular flexibility index (Phi) is 9.55. The van der Waals surface area contributed by atoms with Gasteiger partial charge in [0.25, 0.3) is 0 Å². The molecule has 0 aromatic heterocycles. The number of nitrogens with two attached hydrogens (primary N) is 1. The first-order valence-corrected chi connectivity index (χ1v) is 12.9. The van der Waals surface area contributed by atoms with Crippen LogP contribution in [0.4, 0.5) is 4.79 Å². The molecule has 10 heteroatoms. The number of primary amides is 1. The van der Waals surface area contributed by atoms with Crippen LogP contribution in [0.15, 0.2) is 0 Å². The smallest absolute Gasteiger partial charge is 0.318 e. The summed E-state index contributed by atoms with van der Waals surface area (Å²) in [5.41, 5.74) is 5.65. The molecule has 5 N–H and O–H groups in total. The third-order valence-corrected chi connectivity index (χ3v) is 7.31. The number of nitrogens with one attached hydrogen (secondary N) is 3. The highest BCUT2D eigenvalue weighted by atomic mass is 16.2. The molecule has 192 valence electrons. The van der Waals surface area contributed by atoms with Crippen molar-refractivity contribution in [3.8, 4) is 0 Å². The molecule has 10 nitrogen and oxygen atoms in total. The van der Waals surface area contributed by atoms with Gasteiger partial charge in [-0.05, 0) is 52.1 Å². The molecule has 2 saturated heterocycles. The van der Waals surface area contributed by atoms with E-state index in [1.165, 1.54) is 11.3 Å². The fourth-order valence-corrected chi connectivity index (χ4v) is 5.38. The van der Waals surface area contributed by atoms with Gasteiger partial charge in [0.15, 0.2) is 0 Å². The molecular formula is C24H42N6O4. The number of rotatable bonds is 7. The van der Waals surface area contributed by atoms with Crippen LogP contribution in [0, 0.1) is 11.8 Å². The first-order chi connectivity index (χ1) is 16.3. The van der Waals surface area contributed by atoms with Gasteiger partial charge in [-0.25, -0.2) is 4.79 Å². The van der Waals surface area contributed by atoms with Crippen LogP contribution in [0.25, 0.3) is 0 Å². The van der Waals surface area contributed by atoms with E-state index in [4.69, 9.17) is 5.73 Å². The van der Waals surface area contributed by atoms with Crippen molar-refractivity contribution in [3.63, 3.8) is 0 Å². The van der Waals surface area contributed by atoms with Gasteiger partial charge in [-0.3, -0.25) is 14.4 Å². The monoisotopic (exact) mass is 478 g/mol. The van der Waals surface area contributed by atoms with Gasteiger partial charge < -0.3 is 31.5 Å². The van der Waals surface area contributed by atoms with Crippen LogP contribution in [-0.2, 0) is 14.4 Å². The van der Waals surface area contributed by atoms with Crippen LogP contribution in [0.5, 0.6) is 0 Å². The molecule has 3 fully saturated rings. The average molecular weight is 479 g/mol. The Morgan fingerprint density at radius 1 is 0.971 bits per heavy atom. The van der Waals surface area contributed by atoms with Crippen LogP contribution >= 0.6 is 0 Å². The Hall–Kier alpha value is -2.36. The fourth-order valence-electron chi connectivity index (χ4n) is 5.38. The third kappa shape index (κ3) is 7.07. The average Bonchev–Trinajstić information content (AvgIpc) is 2.83. The number of hydrogen-bond acceptors (Lipinski definition) is 5. The maximum absolute atomic E-state index is 13.4. The minimum absolute atomic E-state index is 0.0388. The minimum Gasteiger partial charge on any atom is -0.368 e. The van der Waals surface area contributed by atoms with Crippen LogP contribution in [0.2, 0.25) is 0 Å². The second-order valence-corrected chi connectivity index (χ2v) is 10.3. The Labute approximate surface area is 202 Å². The lowest BCUT2D eigenvalue weighted by molar-refractivity contribution is -0.142. The molecule has 2 heterocycles. The van der Waals surface area contributed by atoms with Crippen LogP contribution < -0.4 is 21.7 Å². The van der Waals surface area contributed by atoms with Crippen LogP contribution in [0.1, 0.15) is 65.2 Å². The Morgan fingerprint density at radius 2 is 1.65 bits per heavy atom. The minimum atomic E-state index is -0.869. The van der Waals surface area contributed by atoms with Crippen molar-refractivity contribution in [2.24, 2.45) is 17.6 Å². The van der Waals surface area contributed by atoms with E-state index in [-0.39, 0.29) is 37.0 Å². The second-order valence-electron chi connectivity index (χ2n) is 10.3. The molecule has 5 amide bonds. The van der Waals surface area contributed by atoms with E-state index < -0.39 is 23.9 Å². The number of hydrogen-bond donors (Lipinski definition) is 4. The predicted octanol–water partition coefficient (Wildman–Crippen LogP) is 0.557. The first kappa shape index (κ1) is 26.2. The van der Waals surface area contributed by atoms with Gasteiger partial charge in [-0.1, -0.05) is 32.1 Å². The van der Waals surface area contributed by atoms with E-state index >= 15 is 0 Å². The van der Waals surface area contributed by atoms with E-state index in [9.17, 15) is 19.2 Å². The van der Waals surface area contributed by atoms with Gasteiger partial charge >= 0.3 is 6.03 Å². The van der Waals surface area contributed by atoms with Crippen LogP contribution in [-0.4, -0.2) is 84.4 Å². The molecule has 0 radical (unpaired) electrons. The maximum Gasteiger partial charge on any atom is 0.318 e. The summed E-state index contributed by atoms with van der Waals surface area (Å²) in [6, 6.07) is -2.07. The summed E-state index contributed by atoms with van der Waals surface area (Å²) in [5.74, 6) is -0.657. The summed E-state index contributed by atoms with van der Waals surface area (Å²) >= 11 is 0. The molecule has 3 rings (SSSR count). The summed E-state index contributed by atoms with van der Waals surface area (Å²) in [6.07, 6.45) is 7.59. The molecule has 1 aliphatic carbocycles. The van der Waals surface area contributed by atoms with Crippen molar-refractivity contribution in [2.75, 3.05) is 32.7 Å². The Morgan fingerprint density at radius 3 is 2.26 bits per heavy atom. The standard InChI is InChI=1S/C24H42N6O4/c1-16(2)27-24(34)30-13-12-29(23(33)18-8-10-26-11-9-18)15-20(30)22(32)28-19(21(25)31)14-17-6-4-3-5-7-17/h16-20,26H,3-15H2,1-2H3,(H2,25,31)(H,27,34)(H,28,32). The zero-order valence-corrected chi connectivity index (χ0v) is 20.7. The number of nitrogens with zero attached hydrogens (tertiary/aromatic N) is 2. The highest BCUT2D eigenvalue weighted by molar-refractivity contribution is 5.92. The molecule has 3 aliphatic rings. The highest BCUT2D eigenvalue weighted by Gasteiger charge is 2.40. The summed E-state index contributed by atoms with van der Waals surface area (Å²) in [6.45, 7) is 6.09. The number of piperazine rings is 1. The highest BCUT2D eigenvalue weighted by Crippen LogP contribution is 2.27. The van der Waals surface area contributed by atoms with Crippen molar-refractivity contribution in [1.82, 2.24) is 25.8 Å². The lowest BCUT2D eigenvalue weighted by atomic mass is 9.84. The first-order valence-electron chi connectivity index (χ1n) is 12.9. The summed E-state index contributed by atoms with van der Waals surface area (Å²) < 4.78 is 0. The number of piperidine rings is 1. The molecule has 2 atom stereocenters. The van der Waals surface area contributed by atoms with Gasteiger partial charge in [-0.15, -0.1) is 0 Å². The number of carbonyl (C=O) groups is 4. The van der Waals surface area contributed by atoms with Gasteiger partial charge in [0.1, 0.15) is 12.1 Å². The molecule has 2 aliphatic heterocycles. The van der Waals surface area contributed by atoms with Gasteiger partial charge in [-0.2, -0.15) is 0 Å². The van der Waals surface area contributed by atoms with E-state index in [1.807, 2.05) is 13.8 Å². The van der Waals surface area contributed by atoms with E-state index in [0.717, 1.165) is 51.6 Å². The molecule has 1 saturated carbocycles. The van der Waals surface area contributed by atoms with E-state index in [2.05, 4.69) is 16.0 Å². The van der Waals surface area contributed by atoms with Crippen molar-refractivity contribution >= 4 is 23.8 Å². The zero-order chi connectivity index (χ0) is 24.7. The molecule has 2 unspecified atom stereocenters. The summed E-state index contributed by atoms with van der Waals surface area (Å²) in [4.78, 5) is 54.8. The van der Waals surface area contributed by atoms with Crippen molar-refractivity contribution in [3.05, 3.63) is 0 Å². The zero-order valence-electron chi connectivity index (χ0n) is 20.7. The van der Waals surface area contributed by atoms with Crippen LogP contribution in [0.3, 0.4) is 0 Å².